The largest absolute Gasteiger partial charge is 0.355 e. The lowest BCUT2D eigenvalue weighted by atomic mass is 9.97. The number of hydrogen-bond acceptors (Lipinski definition) is 6. The monoisotopic (exact) mass is 300 g/mol. The van der Waals surface area contributed by atoms with E-state index in [-0.39, 0.29) is 0 Å². The summed E-state index contributed by atoms with van der Waals surface area (Å²) in [6.07, 6.45) is 5.74. The summed E-state index contributed by atoms with van der Waals surface area (Å²) in [5.41, 5.74) is 0. The minimum absolute atomic E-state index is 0.412. The lowest BCUT2D eigenvalue weighted by Gasteiger charge is -2.33. The summed E-state index contributed by atoms with van der Waals surface area (Å²) in [4.78, 5) is 12.3. The quantitative estimate of drug-likeness (QED) is 0.726. The summed E-state index contributed by atoms with van der Waals surface area (Å²) in [5.74, 6) is 2.53. The molecule has 6 nitrogen and oxygen atoms in total. The first-order valence-electron chi connectivity index (χ1n) is 7.10. The van der Waals surface area contributed by atoms with Gasteiger partial charge >= 0.3 is 0 Å². The molecule has 0 spiro atoms. The second-order valence-corrected chi connectivity index (χ2v) is 6.32. The number of hydrogen-bond donors (Lipinski definition) is 0. The van der Waals surface area contributed by atoms with Gasteiger partial charge < -0.3 is 9.47 Å². The molecule has 4 rings (SSSR count). The predicted molar refractivity (Wildman–Crippen MR) is 82.6 cm³/mol. The Morgan fingerprint density at radius 2 is 2.29 bits per heavy atom. The van der Waals surface area contributed by atoms with Gasteiger partial charge in [-0.3, -0.25) is 0 Å². The third-order valence-corrected chi connectivity index (χ3v) is 4.89. The molecular weight excluding hydrogens is 284 g/mol. The Labute approximate surface area is 126 Å². The predicted octanol–water partition coefficient (Wildman–Crippen LogP) is 2.20. The first-order valence-corrected chi connectivity index (χ1v) is 7.98. The van der Waals surface area contributed by atoms with Crippen LogP contribution in [0, 0.1) is 0 Å². The fourth-order valence-corrected chi connectivity index (χ4v) is 3.80. The third kappa shape index (κ3) is 2.17. The third-order valence-electron chi connectivity index (χ3n) is 4.07. The van der Waals surface area contributed by atoms with Crippen molar-refractivity contribution in [2.24, 2.45) is 7.05 Å². The fraction of sp³-hybridized carbons (Fsp3) is 0.429. The summed E-state index contributed by atoms with van der Waals surface area (Å²) in [7, 11) is 2.01. The Bertz CT molecular complexity index is 764. The molecule has 1 saturated heterocycles. The van der Waals surface area contributed by atoms with Crippen LogP contribution < -0.4 is 4.90 Å². The number of nitrogens with zero attached hydrogens (tertiary/aromatic N) is 6. The number of aromatic nitrogens is 5. The molecule has 1 fully saturated rings. The van der Waals surface area contributed by atoms with Gasteiger partial charge in [0, 0.05) is 26.1 Å². The van der Waals surface area contributed by atoms with Crippen molar-refractivity contribution in [2.45, 2.75) is 18.8 Å². The van der Waals surface area contributed by atoms with Crippen LogP contribution in [0.3, 0.4) is 0 Å². The number of piperidine rings is 1. The van der Waals surface area contributed by atoms with Crippen LogP contribution in [0.2, 0.25) is 0 Å². The van der Waals surface area contributed by atoms with Gasteiger partial charge in [-0.15, -0.1) is 21.5 Å². The molecule has 1 aliphatic heterocycles. The molecule has 108 valence electrons. The molecule has 0 radical (unpaired) electrons. The summed E-state index contributed by atoms with van der Waals surface area (Å²) in [6, 6.07) is 2.11. The fourth-order valence-electron chi connectivity index (χ4n) is 3.07. The number of aryl methyl sites for hydroxylation is 1. The first kappa shape index (κ1) is 12.7. The van der Waals surface area contributed by atoms with E-state index in [4.69, 9.17) is 0 Å². The molecule has 0 N–H and O–H groups in total. The average Bonchev–Trinajstić information content (AvgIpc) is 3.15. The van der Waals surface area contributed by atoms with Crippen molar-refractivity contribution in [3.05, 3.63) is 29.9 Å². The summed E-state index contributed by atoms with van der Waals surface area (Å²) >= 11 is 1.66. The van der Waals surface area contributed by atoms with Gasteiger partial charge in [0.2, 0.25) is 0 Å². The molecule has 0 saturated carbocycles. The van der Waals surface area contributed by atoms with Crippen molar-refractivity contribution < 1.29 is 0 Å². The highest BCUT2D eigenvalue weighted by Gasteiger charge is 2.26. The van der Waals surface area contributed by atoms with Crippen LogP contribution in [0.1, 0.15) is 24.6 Å². The van der Waals surface area contributed by atoms with Crippen molar-refractivity contribution in [1.82, 2.24) is 24.7 Å². The molecule has 1 aliphatic rings. The lowest BCUT2D eigenvalue weighted by molar-refractivity contribution is 0.478. The van der Waals surface area contributed by atoms with E-state index < -0.39 is 0 Å². The van der Waals surface area contributed by atoms with E-state index in [1.807, 2.05) is 11.6 Å². The molecule has 4 heterocycles. The summed E-state index contributed by atoms with van der Waals surface area (Å²) in [6.45, 7) is 1.98. The van der Waals surface area contributed by atoms with E-state index in [1.165, 1.54) is 0 Å². The van der Waals surface area contributed by atoms with Crippen molar-refractivity contribution in [2.75, 3.05) is 18.0 Å². The Kier molecular flexibility index (Phi) is 3.07. The summed E-state index contributed by atoms with van der Waals surface area (Å²) in [5, 5.41) is 11.5. The second-order valence-electron chi connectivity index (χ2n) is 5.42. The molecular formula is C14H16N6S. The molecule has 0 amide bonds. The minimum Gasteiger partial charge on any atom is -0.355 e. The molecule has 7 heteroatoms. The topological polar surface area (TPSA) is 59.7 Å². The molecule has 3 aromatic rings. The van der Waals surface area contributed by atoms with Crippen molar-refractivity contribution in [1.29, 1.82) is 0 Å². The zero-order valence-electron chi connectivity index (χ0n) is 11.8. The van der Waals surface area contributed by atoms with E-state index in [0.29, 0.717) is 5.92 Å². The Morgan fingerprint density at radius 1 is 1.33 bits per heavy atom. The zero-order valence-corrected chi connectivity index (χ0v) is 12.6. The molecule has 3 aromatic heterocycles. The molecule has 0 aliphatic carbocycles. The Balaban J connectivity index is 1.67. The first-order chi connectivity index (χ1) is 10.3. The minimum atomic E-state index is 0.412. The van der Waals surface area contributed by atoms with Gasteiger partial charge in [-0.1, -0.05) is 0 Å². The van der Waals surface area contributed by atoms with Gasteiger partial charge in [0.1, 0.15) is 29.1 Å². The molecule has 0 bridgehead atoms. The lowest BCUT2D eigenvalue weighted by Crippen LogP contribution is -2.35. The van der Waals surface area contributed by atoms with Gasteiger partial charge in [0.25, 0.3) is 0 Å². The highest BCUT2D eigenvalue weighted by molar-refractivity contribution is 7.16. The van der Waals surface area contributed by atoms with Crippen molar-refractivity contribution >= 4 is 27.4 Å². The van der Waals surface area contributed by atoms with E-state index in [1.54, 1.807) is 24.0 Å². The van der Waals surface area contributed by atoms with E-state index in [9.17, 15) is 0 Å². The van der Waals surface area contributed by atoms with Crippen LogP contribution >= 0.6 is 11.3 Å². The highest BCUT2D eigenvalue weighted by Crippen LogP contribution is 2.32. The van der Waals surface area contributed by atoms with Crippen LogP contribution in [0.25, 0.3) is 10.2 Å². The number of thiophene rings is 1. The maximum Gasteiger partial charge on any atom is 0.140 e. The maximum atomic E-state index is 4.52. The number of fused-ring (bicyclic) bond motifs is 1. The Hall–Kier alpha value is -2.02. The molecule has 0 aromatic carbocycles. The zero-order chi connectivity index (χ0) is 14.2. The smallest absolute Gasteiger partial charge is 0.140 e. The molecule has 21 heavy (non-hydrogen) atoms. The number of anilines is 1. The number of rotatable bonds is 2. The van der Waals surface area contributed by atoms with E-state index in [0.717, 1.165) is 47.8 Å². The van der Waals surface area contributed by atoms with Crippen LogP contribution in [0.15, 0.2) is 24.1 Å². The normalized spacial score (nSPS) is 19.3. The van der Waals surface area contributed by atoms with Crippen LogP contribution in [-0.4, -0.2) is 37.8 Å². The van der Waals surface area contributed by atoms with Gasteiger partial charge in [0.15, 0.2) is 0 Å². The van der Waals surface area contributed by atoms with Crippen LogP contribution in [0.5, 0.6) is 0 Å². The Morgan fingerprint density at radius 3 is 3.14 bits per heavy atom. The molecule has 1 atom stereocenters. The SMILES string of the molecule is Cn1cnnc1C1CCCN(c2ncnc3sccc23)C1. The van der Waals surface area contributed by atoms with Crippen LogP contribution in [0.4, 0.5) is 5.82 Å². The average molecular weight is 300 g/mol. The van der Waals surface area contributed by atoms with Crippen LogP contribution in [-0.2, 0) is 7.05 Å². The van der Waals surface area contributed by atoms with Crippen molar-refractivity contribution in [3.8, 4) is 0 Å². The van der Waals surface area contributed by atoms with Gasteiger partial charge in [-0.25, -0.2) is 9.97 Å². The second kappa shape index (κ2) is 5.07. The van der Waals surface area contributed by atoms with E-state index >= 15 is 0 Å². The summed E-state index contributed by atoms with van der Waals surface area (Å²) < 4.78 is 2.02. The van der Waals surface area contributed by atoms with Gasteiger partial charge in [0.05, 0.1) is 5.39 Å². The van der Waals surface area contributed by atoms with E-state index in [2.05, 4.69) is 36.5 Å². The highest BCUT2D eigenvalue weighted by atomic mass is 32.1. The maximum absolute atomic E-state index is 4.52. The molecule has 1 unspecified atom stereocenters. The van der Waals surface area contributed by atoms with Gasteiger partial charge in [-0.05, 0) is 24.3 Å². The van der Waals surface area contributed by atoms with Gasteiger partial charge in [-0.2, -0.15) is 0 Å². The van der Waals surface area contributed by atoms with Crippen molar-refractivity contribution in [3.63, 3.8) is 0 Å². The standard InChI is InChI=1S/C14H16N6S/c1-19-9-17-18-12(19)10-3-2-5-20(7-10)13-11-4-6-21-14(11)16-8-15-13/h4,6,8-10H,2-3,5,7H2,1H3.